The third-order valence-electron chi connectivity index (χ3n) is 2.57. The molecule has 1 heterocycles. The van der Waals surface area contributed by atoms with Gasteiger partial charge in [0.05, 0.1) is 11.2 Å². The van der Waals surface area contributed by atoms with E-state index in [0.717, 1.165) is 5.92 Å². The van der Waals surface area contributed by atoms with E-state index in [4.69, 9.17) is 0 Å². The van der Waals surface area contributed by atoms with Crippen LogP contribution in [-0.2, 0) is 0 Å². The Morgan fingerprint density at radius 1 is 1.36 bits per heavy atom. The molecule has 2 rings (SSSR count). The Hall–Kier alpha value is -0.370. The number of fused-ring (bicyclic) bond motifs is 1. The topological polar surface area (TPSA) is 12.9 Å². The van der Waals surface area contributed by atoms with Crippen molar-refractivity contribution in [2.75, 3.05) is 0 Å². The summed E-state index contributed by atoms with van der Waals surface area (Å²) in [6.45, 7) is 4.59. The predicted octanol–water partition coefficient (Wildman–Crippen LogP) is 3.14. The standard InChI is InChI=1S/C9H13NS/c1-6-3-4-7(2)9-8(6)10-5-11-9/h5-7H,3-4H2,1-2H3/t6?,7-/m1/s1. The molecule has 0 saturated heterocycles. The minimum absolute atomic E-state index is 0.701. The molecule has 2 atom stereocenters. The minimum atomic E-state index is 0.701. The molecule has 0 saturated carbocycles. The lowest BCUT2D eigenvalue weighted by Gasteiger charge is -2.22. The smallest absolute Gasteiger partial charge is 0.0797 e. The lowest BCUT2D eigenvalue weighted by atomic mass is 9.86. The zero-order valence-electron chi connectivity index (χ0n) is 7.00. The van der Waals surface area contributed by atoms with Gasteiger partial charge < -0.3 is 0 Å². The summed E-state index contributed by atoms with van der Waals surface area (Å²) in [7, 11) is 0. The molecule has 1 aliphatic carbocycles. The van der Waals surface area contributed by atoms with Gasteiger partial charge in [-0.15, -0.1) is 11.3 Å². The number of hydrogen-bond donors (Lipinski definition) is 0. The Morgan fingerprint density at radius 2 is 2.09 bits per heavy atom. The van der Waals surface area contributed by atoms with Crippen LogP contribution in [0.2, 0.25) is 0 Å². The maximum absolute atomic E-state index is 4.41. The Balaban J connectivity index is 2.43. The van der Waals surface area contributed by atoms with Crippen molar-refractivity contribution in [2.45, 2.75) is 38.5 Å². The van der Waals surface area contributed by atoms with Gasteiger partial charge in [-0.05, 0) is 24.7 Å². The van der Waals surface area contributed by atoms with E-state index in [1.807, 2.05) is 16.8 Å². The summed E-state index contributed by atoms with van der Waals surface area (Å²) in [6, 6.07) is 0. The van der Waals surface area contributed by atoms with Crippen LogP contribution in [0.1, 0.15) is 49.1 Å². The number of aromatic nitrogens is 1. The Bertz CT molecular complexity index is 229. The van der Waals surface area contributed by atoms with Gasteiger partial charge in [-0.1, -0.05) is 13.8 Å². The van der Waals surface area contributed by atoms with Crippen LogP contribution in [0.15, 0.2) is 5.51 Å². The number of hydrogen-bond acceptors (Lipinski definition) is 2. The lowest BCUT2D eigenvalue weighted by molar-refractivity contribution is 0.526. The van der Waals surface area contributed by atoms with Crippen molar-refractivity contribution in [1.82, 2.24) is 4.98 Å². The number of rotatable bonds is 0. The molecule has 11 heavy (non-hydrogen) atoms. The summed E-state index contributed by atoms with van der Waals surface area (Å²) in [6.07, 6.45) is 2.66. The van der Waals surface area contributed by atoms with Gasteiger partial charge in [0, 0.05) is 4.88 Å². The summed E-state index contributed by atoms with van der Waals surface area (Å²) in [5.74, 6) is 1.46. The molecule has 1 aliphatic rings. The van der Waals surface area contributed by atoms with Gasteiger partial charge in [0.2, 0.25) is 0 Å². The molecule has 1 aromatic rings. The molecular formula is C9H13NS. The normalized spacial score (nSPS) is 30.0. The molecular weight excluding hydrogens is 154 g/mol. The molecule has 0 aromatic carbocycles. The van der Waals surface area contributed by atoms with Crippen molar-refractivity contribution < 1.29 is 0 Å². The van der Waals surface area contributed by atoms with E-state index in [0.29, 0.717) is 5.92 Å². The maximum atomic E-state index is 4.41. The second-order valence-electron chi connectivity index (χ2n) is 3.48. The van der Waals surface area contributed by atoms with Crippen molar-refractivity contribution in [3.8, 4) is 0 Å². The van der Waals surface area contributed by atoms with E-state index in [1.165, 1.54) is 23.4 Å². The van der Waals surface area contributed by atoms with Gasteiger partial charge in [0.15, 0.2) is 0 Å². The summed E-state index contributed by atoms with van der Waals surface area (Å²) in [5.41, 5.74) is 3.36. The molecule has 1 unspecified atom stereocenters. The molecule has 0 aliphatic heterocycles. The molecule has 2 heteroatoms. The average molecular weight is 167 g/mol. The van der Waals surface area contributed by atoms with Crippen molar-refractivity contribution in [2.24, 2.45) is 0 Å². The van der Waals surface area contributed by atoms with Gasteiger partial charge >= 0.3 is 0 Å². The maximum Gasteiger partial charge on any atom is 0.0797 e. The van der Waals surface area contributed by atoms with E-state index in [9.17, 15) is 0 Å². The fraction of sp³-hybridized carbons (Fsp3) is 0.667. The summed E-state index contributed by atoms with van der Waals surface area (Å²) in [5, 5.41) is 0. The SMILES string of the molecule is CC1CC[C@@H](C)c2scnc21. The molecule has 1 aromatic heterocycles. The first kappa shape index (κ1) is 7.29. The van der Waals surface area contributed by atoms with Gasteiger partial charge in [-0.2, -0.15) is 0 Å². The van der Waals surface area contributed by atoms with E-state index >= 15 is 0 Å². The molecule has 1 nitrogen and oxygen atoms in total. The largest absolute Gasteiger partial charge is 0.249 e. The quantitative estimate of drug-likeness (QED) is 0.578. The Kier molecular flexibility index (Phi) is 1.72. The van der Waals surface area contributed by atoms with E-state index in [2.05, 4.69) is 18.8 Å². The third kappa shape index (κ3) is 1.09. The Labute approximate surface area is 71.5 Å². The van der Waals surface area contributed by atoms with Gasteiger partial charge in [0.1, 0.15) is 0 Å². The van der Waals surface area contributed by atoms with Crippen molar-refractivity contribution in [1.29, 1.82) is 0 Å². The van der Waals surface area contributed by atoms with Gasteiger partial charge in [-0.25, -0.2) is 4.98 Å². The second-order valence-corrected chi connectivity index (χ2v) is 4.37. The van der Waals surface area contributed by atoms with Crippen LogP contribution in [-0.4, -0.2) is 4.98 Å². The first-order valence-corrected chi connectivity index (χ1v) is 5.10. The zero-order valence-corrected chi connectivity index (χ0v) is 7.82. The van der Waals surface area contributed by atoms with Crippen LogP contribution >= 0.6 is 11.3 Å². The van der Waals surface area contributed by atoms with Crippen LogP contribution in [0.3, 0.4) is 0 Å². The Morgan fingerprint density at radius 3 is 2.82 bits per heavy atom. The van der Waals surface area contributed by atoms with E-state index < -0.39 is 0 Å². The molecule has 0 fully saturated rings. The highest BCUT2D eigenvalue weighted by molar-refractivity contribution is 7.09. The van der Waals surface area contributed by atoms with E-state index in [-0.39, 0.29) is 0 Å². The molecule has 60 valence electrons. The molecule has 0 amide bonds. The van der Waals surface area contributed by atoms with Gasteiger partial charge in [0.25, 0.3) is 0 Å². The first-order valence-electron chi connectivity index (χ1n) is 4.22. The second kappa shape index (κ2) is 2.59. The van der Waals surface area contributed by atoms with Crippen molar-refractivity contribution >= 4 is 11.3 Å². The highest BCUT2D eigenvalue weighted by Crippen LogP contribution is 2.39. The highest BCUT2D eigenvalue weighted by Gasteiger charge is 2.23. The van der Waals surface area contributed by atoms with Crippen LogP contribution in [0.25, 0.3) is 0 Å². The number of nitrogens with zero attached hydrogens (tertiary/aromatic N) is 1. The fourth-order valence-electron chi connectivity index (χ4n) is 1.77. The predicted molar refractivity (Wildman–Crippen MR) is 48.2 cm³/mol. The minimum Gasteiger partial charge on any atom is -0.249 e. The van der Waals surface area contributed by atoms with Crippen molar-refractivity contribution in [3.05, 3.63) is 16.1 Å². The van der Waals surface area contributed by atoms with E-state index in [1.54, 1.807) is 0 Å². The molecule has 0 N–H and O–H groups in total. The fourth-order valence-corrected chi connectivity index (χ4v) is 2.78. The third-order valence-corrected chi connectivity index (χ3v) is 3.65. The summed E-state index contributed by atoms with van der Waals surface area (Å²) < 4.78 is 0. The van der Waals surface area contributed by atoms with Crippen LogP contribution < -0.4 is 0 Å². The monoisotopic (exact) mass is 167 g/mol. The highest BCUT2D eigenvalue weighted by atomic mass is 32.1. The van der Waals surface area contributed by atoms with Gasteiger partial charge in [-0.3, -0.25) is 0 Å². The molecule has 0 radical (unpaired) electrons. The summed E-state index contributed by atoms with van der Waals surface area (Å²) >= 11 is 1.83. The zero-order chi connectivity index (χ0) is 7.84. The molecule has 0 bridgehead atoms. The average Bonchev–Trinajstić information content (AvgIpc) is 2.45. The van der Waals surface area contributed by atoms with Crippen LogP contribution in [0, 0.1) is 0 Å². The van der Waals surface area contributed by atoms with Crippen molar-refractivity contribution in [3.63, 3.8) is 0 Å². The summed E-state index contributed by atoms with van der Waals surface area (Å²) in [4.78, 5) is 5.94. The number of thiazole rings is 1. The van der Waals surface area contributed by atoms with Crippen LogP contribution in [0.4, 0.5) is 0 Å². The lowest BCUT2D eigenvalue weighted by Crippen LogP contribution is -2.08. The van der Waals surface area contributed by atoms with Crippen LogP contribution in [0.5, 0.6) is 0 Å². The first-order chi connectivity index (χ1) is 5.29. The molecule has 0 spiro atoms.